The molecule has 0 amide bonds. The lowest BCUT2D eigenvalue weighted by Gasteiger charge is -2.07. The molecule has 0 saturated carbocycles. The van der Waals surface area contributed by atoms with E-state index in [9.17, 15) is 4.79 Å². The highest BCUT2D eigenvalue weighted by molar-refractivity contribution is 5.74. The molecule has 2 aromatic rings. The summed E-state index contributed by atoms with van der Waals surface area (Å²) in [4.78, 5) is 18.3. The molecule has 4 heteroatoms. The Balaban J connectivity index is 2.08. The van der Waals surface area contributed by atoms with Crippen LogP contribution in [0.3, 0.4) is 0 Å². The maximum atomic E-state index is 10.6. The second kappa shape index (κ2) is 7.69. The van der Waals surface area contributed by atoms with Crippen molar-refractivity contribution in [2.24, 2.45) is 4.99 Å². The minimum Gasteiger partial charge on any atom is -0.359 e. The van der Waals surface area contributed by atoms with Crippen molar-refractivity contribution in [3.05, 3.63) is 72.3 Å². The topological polar surface area (TPSA) is 54.4 Å². The molecule has 0 aliphatic carbocycles. The molecule has 1 aromatic heterocycles. The van der Waals surface area contributed by atoms with E-state index in [1.54, 1.807) is 18.3 Å². The Morgan fingerprint density at radius 3 is 2.55 bits per heavy atom. The van der Waals surface area contributed by atoms with Gasteiger partial charge < -0.3 is 5.32 Å². The first-order valence-electron chi connectivity index (χ1n) is 6.81. The summed E-state index contributed by atoms with van der Waals surface area (Å²) in [6.45, 7) is 5.24. The van der Waals surface area contributed by atoms with Gasteiger partial charge in [0.25, 0.3) is 0 Å². The maximum absolute atomic E-state index is 10.6. The molecule has 0 saturated heterocycles. The lowest BCUT2D eigenvalue weighted by Crippen LogP contribution is -1.95. The molecule has 0 spiro atoms. The summed E-state index contributed by atoms with van der Waals surface area (Å²) in [5, 5.41) is 3.25. The number of carbonyl (C=O) groups excluding carboxylic acids is 1. The summed E-state index contributed by atoms with van der Waals surface area (Å²) in [6.07, 6.45) is 7.66. The zero-order chi connectivity index (χ0) is 15.8. The van der Waals surface area contributed by atoms with Gasteiger partial charge in [-0.25, -0.2) is 0 Å². The van der Waals surface area contributed by atoms with E-state index in [2.05, 4.69) is 22.0 Å². The van der Waals surface area contributed by atoms with Crippen LogP contribution in [-0.4, -0.2) is 18.0 Å². The van der Waals surface area contributed by atoms with Gasteiger partial charge >= 0.3 is 0 Å². The SMILES string of the molecule is C=N/C(C=O)=C\C=C(/C)Nc1ccc(-c2cccnc2)cc1. The first-order chi connectivity index (χ1) is 10.7. The molecule has 0 atom stereocenters. The van der Waals surface area contributed by atoms with Gasteiger partial charge in [-0.15, -0.1) is 0 Å². The number of hydrogen-bond donors (Lipinski definition) is 1. The number of allylic oxidation sites excluding steroid dienone is 4. The fraction of sp³-hybridized carbons (Fsp3) is 0.0556. The van der Waals surface area contributed by atoms with Crippen LogP contribution in [0.25, 0.3) is 11.1 Å². The fourth-order valence-corrected chi connectivity index (χ4v) is 1.89. The number of nitrogens with one attached hydrogen (secondary N) is 1. The number of benzene rings is 1. The zero-order valence-electron chi connectivity index (χ0n) is 12.4. The summed E-state index contributed by atoms with van der Waals surface area (Å²) in [7, 11) is 0. The molecule has 1 heterocycles. The van der Waals surface area contributed by atoms with Crippen LogP contribution in [0.1, 0.15) is 6.92 Å². The van der Waals surface area contributed by atoms with Gasteiger partial charge in [-0.1, -0.05) is 18.2 Å². The molecule has 0 radical (unpaired) electrons. The van der Waals surface area contributed by atoms with Gasteiger partial charge in [0.05, 0.1) is 0 Å². The van der Waals surface area contributed by atoms with Gasteiger partial charge in [0.2, 0.25) is 0 Å². The van der Waals surface area contributed by atoms with E-state index in [4.69, 9.17) is 0 Å². The second-order valence-corrected chi connectivity index (χ2v) is 4.66. The molecule has 110 valence electrons. The highest BCUT2D eigenvalue weighted by atomic mass is 16.1. The van der Waals surface area contributed by atoms with Crippen molar-refractivity contribution in [3.63, 3.8) is 0 Å². The maximum Gasteiger partial charge on any atom is 0.168 e. The van der Waals surface area contributed by atoms with Crippen molar-refractivity contribution in [2.75, 3.05) is 5.32 Å². The Morgan fingerprint density at radius 1 is 1.18 bits per heavy atom. The van der Waals surface area contributed by atoms with E-state index in [1.807, 2.05) is 49.5 Å². The average Bonchev–Trinajstić information content (AvgIpc) is 2.57. The summed E-state index contributed by atoms with van der Waals surface area (Å²) in [5.74, 6) is 0. The Hall–Kier alpha value is -3.01. The Kier molecular flexibility index (Phi) is 5.37. The van der Waals surface area contributed by atoms with Crippen molar-refractivity contribution in [3.8, 4) is 11.1 Å². The molecule has 0 bridgehead atoms. The number of rotatable bonds is 6. The van der Waals surface area contributed by atoms with Gasteiger partial charge in [0.1, 0.15) is 5.70 Å². The normalized spacial score (nSPS) is 11.9. The Bertz CT molecular complexity index is 691. The third kappa shape index (κ3) is 4.24. The first kappa shape index (κ1) is 15.4. The molecule has 4 nitrogen and oxygen atoms in total. The molecular formula is C18H17N3O. The molecule has 1 N–H and O–H groups in total. The van der Waals surface area contributed by atoms with E-state index in [-0.39, 0.29) is 0 Å². The van der Waals surface area contributed by atoms with E-state index < -0.39 is 0 Å². The van der Waals surface area contributed by atoms with Crippen LogP contribution in [0, 0.1) is 0 Å². The standard InChI is InChI=1S/C18H17N3O/c1-14(5-8-18(13-22)19-2)21-17-9-6-15(7-10-17)16-4-3-11-20-12-16/h3-13,21H,2H2,1H3/b14-5+,18-8-. The number of pyridine rings is 1. The summed E-state index contributed by atoms with van der Waals surface area (Å²) in [6, 6.07) is 12.0. The molecule has 0 aliphatic rings. The first-order valence-corrected chi connectivity index (χ1v) is 6.81. The van der Waals surface area contributed by atoms with E-state index in [1.165, 1.54) is 0 Å². The summed E-state index contributed by atoms with van der Waals surface area (Å²) < 4.78 is 0. The quantitative estimate of drug-likeness (QED) is 0.381. The van der Waals surface area contributed by atoms with Crippen molar-refractivity contribution < 1.29 is 4.79 Å². The molecule has 1 aromatic carbocycles. The van der Waals surface area contributed by atoms with Crippen LogP contribution in [0.5, 0.6) is 0 Å². The third-order valence-electron chi connectivity index (χ3n) is 3.03. The lowest BCUT2D eigenvalue weighted by atomic mass is 10.1. The minimum absolute atomic E-state index is 0.299. The van der Waals surface area contributed by atoms with Gasteiger partial charge in [-0.3, -0.25) is 14.8 Å². The highest BCUT2D eigenvalue weighted by Crippen LogP contribution is 2.20. The van der Waals surface area contributed by atoms with Crippen molar-refractivity contribution in [1.29, 1.82) is 0 Å². The number of hydrogen-bond acceptors (Lipinski definition) is 4. The molecular weight excluding hydrogens is 274 g/mol. The van der Waals surface area contributed by atoms with E-state index >= 15 is 0 Å². The minimum atomic E-state index is 0.299. The van der Waals surface area contributed by atoms with Crippen LogP contribution in [0.2, 0.25) is 0 Å². The molecule has 0 fully saturated rings. The smallest absolute Gasteiger partial charge is 0.168 e. The van der Waals surface area contributed by atoms with Crippen LogP contribution < -0.4 is 5.32 Å². The number of anilines is 1. The predicted octanol–water partition coefficient (Wildman–Crippen LogP) is 3.85. The van der Waals surface area contributed by atoms with Crippen molar-refractivity contribution in [2.45, 2.75) is 6.92 Å². The zero-order valence-corrected chi connectivity index (χ0v) is 12.4. The fourth-order valence-electron chi connectivity index (χ4n) is 1.89. The molecule has 22 heavy (non-hydrogen) atoms. The van der Waals surface area contributed by atoms with Crippen LogP contribution in [0.4, 0.5) is 5.69 Å². The summed E-state index contributed by atoms with van der Waals surface area (Å²) >= 11 is 0. The predicted molar refractivity (Wildman–Crippen MR) is 90.7 cm³/mol. The number of aromatic nitrogens is 1. The van der Waals surface area contributed by atoms with Gasteiger partial charge in [-0.2, -0.15) is 0 Å². The van der Waals surface area contributed by atoms with E-state index in [0.717, 1.165) is 22.5 Å². The molecule has 2 rings (SSSR count). The monoisotopic (exact) mass is 291 g/mol. The number of aliphatic imine (C=N–C) groups is 1. The van der Waals surface area contributed by atoms with Crippen LogP contribution >= 0.6 is 0 Å². The van der Waals surface area contributed by atoms with E-state index in [0.29, 0.717) is 12.0 Å². The summed E-state index contributed by atoms with van der Waals surface area (Å²) in [5.41, 5.74) is 4.36. The molecule has 0 unspecified atom stereocenters. The lowest BCUT2D eigenvalue weighted by molar-refractivity contribution is -0.104. The van der Waals surface area contributed by atoms with Gasteiger partial charge in [0.15, 0.2) is 6.29 Å². The third-order valence-corrected chi connectivity index (χ3v) is 3.03. The van der Waals surface area contributed by atoms with Gasteiger partial charge in [-0.05, 0) is 55.1 Å². The number of aldehydes is 1. The van der Waals surface area contributed by atoms with Crippen molar-refractivity contribution >= 4 is 18.7 Å². The molecule has 0 aliphatic heterocycles. The largest absolute Gasteiger partial charge is 0.359 e. The average molecular weight is 291 g/mol. The number of nitrogens with zero attached hydrogens (tertiary/aromatic N) is 2. The van der Waals surface area contributed by atoms with Crippen molar-refractivity contribution in [1.82, 2.24) is 4.98 Å². The van der Waals surface area contributed by atoms with Crippen LogP contribution in [0.15, 0.2) is 77.3 Å². The Labute approximate surface area is 129 Å². The number of carbonyl (C=O) groups is 1. The second-order valence-electron chi connectivity index (χ2n) is 4.66. The Morgan fingerprint density at radius 2 is 1.95 bits per heavy atom. The highest BCUT2D eigenvalue weighted by Gasteiger charge is 1.98. The van der Waals surface area contributed by atoms with Crippen LogP contribution in [-0.2, 0) is 4.79 Å². The van der Waals surface area contributed by atoms with Gasteiger partial charge in [0, 0.05) is 23.8 Å².